The molecule has 3 heteroatoms. The lowest BCUT2D eigenvalue weighted by Crippen LogP contribution is -2.36. The van der Waals surface area contributed by atoms with E-state index in [1.165, 1.54) is 27.0 Å². The molecule has 1 aliphatic rings. The summed E-state index contributed by atoms with van der Waals surface area (Å²) < 4.78 is 6.26. The molecule has 1 aliphatic heterocycles. The van der Waals surface area contributed by atoms with Gasteiger partial charge in [-0.25, -0.2) is 4.99 Å². The first-order valence-electron chi connectivity index (χ1n) is 11.9. The summed E-state index contributed by atoms with van der Waals surface area (Å²) in [6.45, 7) is 5.14. The van der Waals surface area contributed by atoms with Crippen LogP contribution in [0, 0.1) is 0 Å². The number of hydrogen-bond acceptors (Lipinski definition) is 2. The molecule has 0 saturated carbocycles. The zero-order chi connectivity index (χ0) is 23.4. The summed E-state index contributed by atoms with van der Waals surface area (Å²) in [6.07, 6.45) is 0.906. The van der Waals surface area contributed by atoms with Crippen molar-refractivity contribution in [2.75, 3.05) is 6.61 Å². The molecule has 0 N–H and O–H groups in total. The second-order valence-corrected chi connectivity index (χ2v) is 11.4. The smallest absolute Gasteiger partial charge is 0.194 e. The first-order chi connectivity index (χ1) is 16.6. The van der Waals surface area contributed by atoms with E-state index >= 15 is 0 Å². The molecule has 0 spiro atoms. The van der Waals surface area contributed by atoms with Gasteiger partial charge in [0, 0.05) is 0 Å². The van der Waals surface area contributed by atoms with Gasteiger partial charge in [-0.05, 0) is 55.2 Å². The highest BCUT2D eigenvalue weighted by Gasteiger charge is 2.37. The van der Waals surface area contributed by atoms with Crippen LogP contribution in [0.3, 0.4) is 0 Å². The fraction of sp³-hybridized carbons (Fsp3) is 0.194. The standard InChI is InChI=1S/C31H30NOP/c1-31(2,30-32-25(23-33-30)22-24-14-6-3-7-15-24)28-20-12-13-21-29(28)34(26-16-8-4-9-17-26)27-18-10-5-11-19-27/h3-21,25H,22-23H2,1-2H3/t25-/m1/s1. The van der Waals surface area contributed by atoms with Crippen molar-refractivity contribution in [1.29, 1.82) is 0 Å². The fourth-order valence-electron chi connectivity index (χ4n) is 4.64. The first-order valence-corrected chi connectivity index (χ1v) is 13.2. The Morgan fingerprint density at radius 1 is 0.735 bits per heavy atom. The highest BCUT2D eigenvalue weighted by atomic mass is 31.1. The van der Waals surface area contributed by atoms with Gasteiger partial charge in [0.25, 0.3) is 0 Å². The van der Waals surface area contributed by atoms with Gasteiger partial charge in [0.1, 0.15) is 6.61 Å². The summed E-state index contributed by atoms with van der Waals surface area (Å²) in [6, 6.07) is 41.3. The van der Waals surface area contributed by atoms with Crippen LogP contribution in [0.2, 0.25) is 0 Å². The molecule has 1 heterocycles. The number of nitrogens with zero attached hydrogens (tertiary/aromatic N) is 1. The minimum Gasteiger partial charge on any atom is -0.478 e. The molecule has 0 radical (unpaired) electrons. The van der Waals surface area contributed by atoms with Gasteiger partial charge in [0.05, 0.1) is 11.5 Å². The third-order valence-corrected chi connectivity index (χ3v) is 8.91. The lowest BCUT2D eigenvalue weighted by atomic mass is 9.84. The molecule has 2 nitrogen and oxygen atoms in total. The molecule has 0 fully saturated rings. The van der Waals surface area contributed by atoms with E-state index < -0.39 is 7.92 Å². The van der Waals surface area contributed by atoms with Gasteiger partial charge in [-0.15, -0.1) is 0 Å². The normalized spacial score (nSPS) is 15.7. The van der Waals surface area contributed by atoms with Crippen LogP contribution >= 0.6 is 7.92 Å². The van der Waals surface area contributed by atoms with E-state index in [0.29, 0.717) is 6.61 Å². The monoisotopic (exact) mass is 463 g/mol. The quantitative estimate of drug-likeness (QED) is 0.319. The van der Waals surface area contributed by atoms with E-state index in [-0.39, 0.29) is 11.5 Å². The molecule has 0 bridgehead atoms. The molecule has 170 valence electrons. The van der Waals surface area contributed by atoms with Crippen molar-refractivity contribution in [2.24, 2.45) is 4.99 Å². The number of rotatable bonds is 7. The Morgan fingerprint density at radius 2 is 1.26 bits per heavy atom. The van der Waals surface area contributed by atoms with Gasteiger partial charge in [0.15, 0.2) is 5.90 Å². The summed E-state index contributed by atoms with van der Waals surface area (Å²) in [5, 5.41) is 4.06. The first kappa shape index (κ1) is 22.6. The van der Waals surface area contributed by atoms with Crippen LogP contribution in [0.25, 0.3) is 0 Å². The number of aliphatic imine (C=N–C) groups is 1. The van der Waals surface area contributed by atoms with Crippen LogP contribution in [0.5, 0.6) is 0 Å². The predicted octanol–water partition coefficient (Wildman–Crippen LogP) is 5.76. The van der Waals surface area contributed by atoms with Gasteiger partial charge >= 0.3 is 0 Å². The Labute approximate surface area is 204 Å². The Balaban J connectivity index is 1.53. The van der Waals surface area contributed by atoms with Gasteiger partial charge in [-0.3, -0.25) is 0 Å². The van der Waals surface area contributed by atoms with E-state index in [2.05, 4.69) is 129 Å². The average Bonchev–Trinajstić information content (AvgIpc) is 3.36. The minimum absolute atomic E-state index is 0.161. The summed E-state index contributed by atoms with van der Waals surface area (Å²) in [5.74, 6) is 0.844. The highest BCUT2D eigenvalue weighted by Crippen LogP contribution is 2.38. The van der Waals surface area contributed by atoms with E-state index in [1.54, 1.807) is 0 Å². The van der Waals surface area contributed by atoms with Gasteiger partial charge in [-0.2, -0.15) is 0 Å². The Morgan fingerprint density at radius 3 is 1.88 bits per heavy atom. The topological polar surface area (TPSA) is 21.6 Å². The second-order valence-electron chi connectivity index (χ2n) is 9.24. The van der Waals surface area contributed by atoms with Gasteiger partial charge in [-0.1, -0.05) is 115 Å². The third kappa shape index (κ3) is 4.69. The Kier molecular flexibility index (Phi) is 6.61. The fourth-order valence-corrected chi connectivity index (χ4v) is 7.27. The molecule has 1 atom stereocenters. The summed E-state index contributed by atoms with van der Waals surface area (Å²) >= 11 is 0. The van der Waals surface area contributed by atoms with Crippen molar-refractivity contribution in [3.05, 3.63) is 126 Å². The second kappa shape index (κ2) is 9.95. The maximum Gasteiger partial charge on any atom is 0.194 e. The van der Waals surface area contributed by atoms with Gasteiger partial charge < -0.3 is 4.74 Å². The average molecular weight is 464 g/mol. The maximum absolute atomic E-state index is 6.26. The third-order valence-electron chi connectivity index (χ3n) is 6.41. The number of hydrogen-bond donors (Lipinski definition) is 0. The lowest BCUT2D eigenvalue weighted by molar-refractivity contribution is 0.294. The SMILES string of the molecule is CC(C)(C1=N[C@H](Cc2ccccc2)CO1)c1ccccc1P(c1ccccc1)c1ccccc1. The zero-order valence-electron chi connectivity index (χ0n) is 19.8. The molecule has 0 unspecified atom stereocenters. The van der Waals surface area contributed by atoms with Crippen LogP contribution in [0.15, 0.2) is 120 Å². The molecular formula is C31H30NOP. The number of benzene rings is 4. The molecule has 0 saturated heterocycles. The Hall–Kier alpha value is -3.22. The van der Waals surface area contributed by atoms with E-state index in [4.69, 9.17) is 9.73 Å². The number of ether oxygens (including phenoxy) is 1. The predicted molar refractivity (Wildman–Crippen MR) is 145 cm³/mol. The molecule has 0 aliphatic carbocycles. The summed E-state index contributed by atoms with van der Waals surface area (Å²) in [4.78, 5) is 5.08. The van der Waals surface area contributed by atoms with Crippen molar-refractivity contribution in [3.8, 4) is 0 Å². The van der Waals surface area contributed by atoms with Gasteiger partial charge in [0.2, 0.25) is 0 Å². The van der Waals surface area contributed by atoms with Crippen LogP contribution in [0.4, 0.5) is 0 Å². The maximum atomic E-state index is 6.26. The van der Waals surface area contributed by atoms with Crippen LogP contribution in [-0.4, -0.2) is 18.5 Å². The van der Waals surface area contributed by atoms with Crippen molar-refractivity contribution in [3.63, 3.8) is 0 Å². The van der Waals surface area contributed by atoms with Crippen LogP contribution < -0.4 is 15.9 Å². The van der Waals surface area contributed by atoms with Crippen LogP contribution in [0.1, 0.15) is 25.0 Å². The largest absolute Gasteiger partial charge is 0.478 e. The molecule has 0 amide bonds. The van der Waals surface area contributed by atoms with Crippen molar-refractivity contribution in [1.82, 2.24) is 0 Å². The molecule has 4 aromatic rings. The lowest BCUT2D eigenvalue weighted by Gasteiger charge is -2.30. The van der Waals surface area contributed by atoms with E-state index in [9.17, 15) is 0 Å². The summed E-state index contributed by atoms with van der Waals surface area (Å²) in [7, 11) is -0.707. The highest BCUT2D eigenvalue weighted by molar-refractivity contribution is 7.79. The van der Waals surface area contributed by atoms with Crippen molar-refractivity contribution in [2.45, 2.75) is 31.7 Å². The van der Waals surface area contributed by atoms with Crippen molar-refractivity contribution < 1.29 is 4.74 Å². The molecule has 34 heavy (non-hydrogen) atoms. The van der Waals surface area contributed by atoms with Crippen LogP contribution in [-0.2, 0) is 16.6 Å². The minimum atomic E-state index is -0.707. The molecule has 0 aromatic heterocycles. The molecular weight excluding hydrogens is 433 g/mol. The van der Waals surface area contributed by atoms with E-state index in [0.717, 1.165) is 12.3 Å². The summed E-state index contributed by atoms with van der Waals surface area (Å²) in [5.41, 5.74) is 2.26. The Bertz CT molecular complexity index is 1210. The molecule has 5 rings (SSSR count). The zero-order valence-corrected chi connectivity index (χ0v) is 20.7. The molecule has 4 aromatic carbocycles. The van der Waals surface area contributed by atoms with E-state index in [1.807, 2.05) is 0 Å². The van der Waals surface area contributed by atoms with Crippen molar-refractivity contribution >= 4 is 29.7 Å².